The molecule has 5 aromatic rings. The number of hydrogen-bond acceptors (Lipinski definition) is 4. The van der Waals surface area contributed by atoms with Crippen molar-refractivity contribution < 1.29 is 4.39 Å². The fraction of sp³-hybridized carbons (Fsp3) is 0.182. The minimum Gasteiger partial charge on any atom is -0.296 e. The van der Waals surface area contributed by atoms with Gasteiger partial charge in [-0.15, -0.1) is 0 Å². The molecule has 0 N–H and O–H groups in total. The smallest absolute Gasteiger partial charge is 0.265 e. The van der Waals surface area contributed by atoms with Gasteiger partial charge in [0.2, 0.25) is 0 Å². The predicted molar refractivity (Wildman–Crippen MR) is 111 cm³/mol. The molecular weight excluding hydrogens is 369 g/mol. The highest BCUT2D eigenvalue weighted by Crippen LogP contribution is 2.28. The van der Waals surface area contributed by atoms with Crippen molar-refractivity contribution in [3.8, 4) is 5.69 Å². The molecule has 0 saturated carbocycles. The number of halogens is 1. The number of aryl methyl sites for hydroxylation is 1. The fourth-order valence-corrected chi connectivity index (χ4v) is 3.75. The van der Waals surface area contributed by atoms with Crippen molar-refractivity contribution >= 4 is 33.2 Å². The van der Waals surface area contributed by atoms with Gasteiger partial charge in [-0.05, 0) is 49.7 Å². The largest absolute Gasteiger partial charge is 0.296 e. The van der Waals surface area contributed by atoms with Gasteiger partial charge in [-0.1, -0.05) is 19.1 Å². The van der Waals surface area contributed by atoms with Gasteiger partial charge in [-0.3, -0.25) is 13.9 Å². The van der Waals surface area contributed by atoms with E-state index in [2.05, 4.69) is 0 Å². The molecule has 0 amide bonds. The van der Waals surface area contributed by atoms with Crippen molar-refractivity contribution in [2.24, 2.45) is 0 Å². The van der Waals surface area contributed by atoms with Crippen LogP contribution < -0.4 is 5.56 Å². The van der Waals surface area contributed by atoms with Crippen LogP contribution in [0.3, 0.4) is 0 Å². The molecule has 0 saturated heterocycles. The Bertz CT molecular complexity index is 1450. The third kappa shape index (κ3) is 2.61. The van der Waals surface area contributed by atoms with Gasteiger partial charge in [-0.25, -0.2) is 19.3 Å². The van der Waals surface area contributed by atoms with E-state index in [9.17, 15) is 9.18 Å². The molecule has 29 heavy (non-hydrogen) atoms. The van der Waals surface area contributed by atoms with E-state index in [1.807, 2.05) is 38.1 Å². The maximum absolute atomic E-state index is 13.5. The van der Waals surface area contributed by atoms with Gasteiger partial charge in [0.1, 0.15) is 22.5 Å². The zero-order chi connectivity index (χ0) is 20.1. The van der Waals surface area contributed by atoms with E-state index in [0.29, 0.717) is 45.8 Å². The topological polar surface area (TPSA) is 65.6 Å². The minimum absolute atomic E-state index is 0.134. The van der Waals surface area contributed by atoms with Crippen molar-refractivity contribution in [1.82, 2.24) is 24.1 Å². The van der Waals surface area contributed by atoms with Crippen LogP contribution in [0.1, 0.15) is 19.2 Å². The summed E-state index contributed by atoms with van der Waals surface area (Å²) in [5, 5.41) is 0.432. The molecule has 0 atom stereocenters. The monoisotopic (exact) mass is 387 g/mol. The highest BCUT2D eigenvalue weighted by Gasteiger charge is 2.21. The summed E-state index contributed by atoms with van der Waals surface area (Å²) >= 11 is 0. The first-order valence-electron chi connectivity index (χ1n) is 9.52. The highest BCUT2D eigenvalue weighted by atomic mass is 19.1. The maximum Gasteiger partial charge on any atom is 0.265 e. The Morgan fingerprint density at radius 1 is 0.931 bits per heavy atom. The number of hydrogen-bond donors (Lipinski definition) is 0. The first kappa shape index (κ1) is 17.5. The second kappa shape index (κ2) is 6.48. The fourth-order valence-electron chi connectivity index (χ4n) is 3.75. The molecule has 0 aliphatic rings. The Labute approximate surface area is 165 Å². The lowest BCUT2D eigenvalue weighted by atomic mass is 10.3. The number of aromatic nitrogens is 5. The summed E-state index contributed by atoms with van der Waals surface area (Å²) in [5.41, 5.74) is 3.49. The number of benzene rings is 2. The number of nitrogens with zero attached hydrogens (tertiary/aromatic N) is 5. The van der Waals surface area contributed by atoms with Gasteiger partial charge < -0.3 is 0 Å². The standard InChI is InChI=1S/C22H18FN5O/c1-3-12-27-13(2)24-20-18(22(27)29)19-21(26-17-7-5-4-6-16(17)25-19)28(20)15-10-8-14(23)9-11-15/h4-11H,3,12H2,1-2H3. The summed E-state index contributed by atoms with van der Waals surface area (Å²) < 4.78 is 17.0. The van der Waals surface area contributed by atoms with Crippen LogP contribution in [0.15, 0.2) is 53.3 Å². The van der Waals surface area contributed by atoms with Crippen molar-refractivity contribution in [1.29, 1.82) is 0 Å². The van der Waals surface area contributed by atoms with E-state index >= 15 is 0 Å². The lowest BCUT2D eigenvalue weighted by molar-refractivity contribution is 0.624. The van der Waals surface area contributed by atoms with E-state index < -0.39 is 0 Å². The molecule has 0 radical (unpaired) electrons. The normalized spacial score (nSPS) is 11.7. The van der Waals surface area contributed by atoms with E-state index in [0.717, 1.165) is 11.9 Å². The Morgan fingerprint density at radius 2 is 1.62 bits per heavy atom. The van der Waals surface area contributed by atoms with Crippen LogP contribution >= 0.6 is 0 Å². The van der Waals surface area contributed by atoms with Crippen LogP contribution in [-0.4, -0.2) is 24.1 Å². The quantitative estimate of drug-likeness (QED) is 0.467. The third-order valence-corrected chi connectivity index (χ3v) is 5.09. The number of fused-ring (bicyclic) bond motifs is 4. The molecule has 0 spiro atoms. The lowest BCUT2D eigenvalue weighted by Gasteiger charge is -2.10. The summed E-state index contributed by atoms with van der Waals surface area (Å²) in [5.74, 6) is 0.292. The van der Waals surface area contributed by atoms with Crippen LogP contribution in [0, 0.1) is 12.7 Å². The minimum atomic E-state index is -0.333. The van der Waals surface area contributed by atoms with Crippen molar-refractivity contribution in [3.05, 3.63) is 70.5 Å². The van der Waals surface area contributed by atoms with Gasteiger partial charge in [-0.2, -0.15) is 0 Å². The van der Waals surface area contributed by atoms with Gasteiger partial charge >= 0.3 is 0 Å². The highest BCUT2D eigenvalue weighted by molar-refractivity contribution is 6.05. The predicted octanol–water partition coefficient (Wildman–Crippen LogP) is 4.14. The van der Waals surface area contributed by atoms with Crippen LogP contribution in [-0.2, 0) is 6.54 Å². The van der Waals surface area contributed by atoms with Gasteiger partial charge in [0.25, 0.3) is 5.56 Å². The molecule has 0 bridgehead atoms. The Morgan fingerprint density at radius 3 is 2.31 bits per heavy atom. The molecule has 0 aliphatic carbocycles. The summed E-state index contributed by atoms with van der Waals surface area (Å²) in [4.78, 5) is 27.6. The SMILES string of the molecule is CCCn1c(C)nc2c(c1=O)c1nc3ccccc3nc1n2-c1ccc(F)cc1. The van der Waals surface area contributed by atoms with Crippen LogP contribution in [0.2, 0.25) is 0 Å². The summed E-state index contributed by atoms with van der Waals surface area (Å²) in [6.07, 6.45) is 0.819. The van der Waals surface area contributed by atoms with Crippen molar-refractivity contribution in [2.75, 3.05) is 0 Å². The molecule has 6 nitrogen and oxygen atoms in total. The molecular formula is C22H18FN5O. The van der Waals surface area contributed by atoms with Crippen LogP contribution in [0.25, 0.3) is 38.9 Å². The first-order chi connectivity index (χ1) is 14.1. The molecule has 3 heterocycles. The van der Waals surface area contributed by atoms with Gasteiger partial charge in [0, 0.05) is 12.2 Å². The lowest BCUT2D eigenvalue weighted by Crippen LogP contribution is -2.24. The third-order valence-electron chi connectivity index (χ3n) is 5.09. The van der Waals surface area contributed by atoms with Crippen LogP contribution in [0.5, 0.6) is 0 Å². The molecule has 3 aromatic heterocycles. The molecule has 0 fully saturated rings. The first-order valence-corrected chi connectivity index (χ1v) is 9.52. The molecule has 7 heteroatoms. The van der Waals surface area contributed by atoms with E-state index in [1.54, 1.807) is 21.3 Å². The van der Waals surface area contributed by atoms with E-state index in [1.165, 1.54) is 12.1 Å². The maximum atomic E-state index is 13.5. The number of rotatable bonds is 3. The molecule has 0 aliphatic heterocycles. The molecule has 2 aromatic carbocycles. The molecule has 5 rings (SSSR count). The second-order valence-electron chi connectivity index (χ2n) is 7.01. The summed E-state index contributed by atoms with van der Waals surface area (Å²) in [6, 6.07) is 13.6. The summed E-state index contributed by atoms with van der Waals surface area (Å²) in [7, 11) is 0. The van der Waals surface area contributed by atoms with Crippen molar-refractivity contribution in [3.63, 3.8) is 0 Å². The zero-order valence-electron chi connectivity index (χ0n) is 16.1. The molecule has 0 unspecified atom stereocenters. The zero-order valence-corrected chi connectivity index (χ0v) is 16.1. The Hall–Kier alpha value is -3.61. The second-order valence-corrected chi connectivity index (χ2v) is 7.01. The van der Waals surface area contributed by atoms with Crippen molar-refractivity contribution in [2.45, 2.75) is 26.8 Å². The molecule has 144 valence electrons. The summed E-state index contributed by atoms with van der Waals surface area (Å²) in [6.45, 7) is 4.42. The number of para-hydroxylation sites is 2. The van der Waals surface area contributed by atoms with Gasteiger partial charge in [0.05, 0.1) is 11.0 Å². The van der Waals surface area contributed by atoms with Crippen LogP contribution in [0.4, 0.5) is 4.39 Å². The average Bonchev–Trinajstić information content (AvgIpc) is 3.03. The Kier molecular flexibility index (Phi) is 3.91. The van der Waals surface area contributed by atoms with Gasteiger partial charge in [0.15, 0.2) is 11.3 Å². The Balaban J connectivity index is 2.01. The average molecular weight is 387 g/mol. The van der Waals surface area contributed by atoms with E-state index in [4.69, 9.17) is 15.0 Å². The van der Waals surface area contributed by atoms with E-state index in [-0.39, 0.29) is 11.4 Å².